The third kappa shape index (κ3) is 8.87. The van der Waals surface area contributed by atoms with Crippen LogP contribution < -0.4 is 10.6 Å². The molecule has 2 aromatic rings. The Labute approximate surface area is 243 Å². The van der Waals surface area contributed by atoms with Gasteiger partial charge >= 0.3 is 6.09 Å². The highest BCUT2D eigenvalue weighted by Gasteiger charge is 2.48. The van der Waals surface area contributed by atoms with Crippen molar-refractivity contribution in [3.8, 4) is 11.5 Å². The Bertz CT molecular complexity index is 1210. The SMILES string of the molecule is CCCCCNC(=O)C(c1cccc(C)c1O)N(C(=O)C(Cc1ccc(O)cc1)NC(=O)OC(C)(C)C)C1CC1C. The molecule has 224 valence electrons. The third-order valence-electron chi connectivity index (χ3n) is 7.21. The summed E-state index contributed by atoms with van der Waals surface area (Å²) in [7, 11) is 0. The molecule has 1 fully saturated rings. The van der Waals surface area contributed by atoms with E-state index in [1.165, 1.54) is 17.0 Å². The number of hydrogen-bond donors (Lipinski definition) is 4. The van der Waals surface area contributed by atoms with Gasteiger partial charge in [-0.2, -0.15) is 0 Å². The van der Waals surface area contributed by atoms with Crippen LogP contribution in [0.25, 0.3) is 0 Å². The van der Waals surface area contributed by atoms with Gasteiger partial charge in [-0.1, -0.05) is 57.0 Å². The number of nitrogens with one attached hydrogen (secondary N) is 2. The van der Waals surface area contributed by atoms with Gasteiger partial charge in [-0.3, -0.25) is 9.59 Å². The van der Waals surface area contributed by atoms with Crippen LogP contribution in [0.2, 0.25) is 0 Å². The van der Waals surface area contributed by atoms with Crippen molar-refractivity contribution in [2.45, 2.75) is 97.4 Å². The minimum Gasteiger partial charge on any atom is -0.508 e. The van der Waals surface area contributed by atoms with Gasteiger partial charge in [0.1, 0.15) is 29.2 Å². The van der Waals surface area contributed by atoms with E-state index in [9.17, 15) is 24.6 Å². The standard InChI is InChI=1S/C32H45N3O6/c1-7-8-9-17-33-29(38)27(24-12-10-11-20(2)28(24)37)35(26-18-21(26)3)30(39)25(34-31(40)41-32(4,5)6)19-22-13-15-23(36)16-14-22/h10-16,21,25-27,36-37H,7-9,17-19H2,1-6H3,(H,33,38)(H,34,40). The molecule has 9 heteroatoms. The number of nitrogens with zero attached hydrogens (tertiary/aromatic N) is 1. The first-order chi connectivity index (χ1) is 19.3. The van der Waals surface area contributed by atoms with Gasteiger partial charge in [0.25, 0.3) is 0 Å². The average molecular weight is 568 g/mol. The van der Waals surface area contributed by atoms with Crippen molar-refractivity contribution in [3.63, 3.8) is 0 Å². The second-order valence-corrected chi connectivity index (χ2v) is 12.0. The number of carbonyl (C=O) groups excluding carboxylic acids is 3. The average Bonchev–Trinajstić information content (AvgIpc) is 3.62. The molecular weight excluding hydrogens is 522 g/mol. The van der Waals surface area contributed by atoms with Gasteiger partial charge in [-0.05, 0) is 69.7 Å². The summed E-state index contributed by atoms with van der Waals surface area (Å²) in [6.07, 6.45) is 2.80. The maximum atomic E-state index is 14.5. The number of aryl methyl sites for hydroxylation is 1. The molecular formula is C32H45N3O6. The van der Waals surface area contributed by atoms with Crippen molar-refractivity contribution in [2.75, 3.05) is 6.54 Å². The number of phenolic OH excluding ortho intramolecular Hbond substituents is 2. The Balaban J connectivity index is 2.04. The number of ether oxygens (including phenoxy) is 1. The topological polar surface area (TPSA) is 128 Å². The summed E-state index contributed by atoms with van der Waals surface area (Å²) in [4.78, 5) is 42.7. The zero-order valence-corrected chi connectivity index (χ0v) is 25.1. The lowest BCUT2D eigenvalue weighted by molar-refractivity contribution is -0.143. The summed E-state index contributed by atoms with van der Waals surface area (Å²) in [6.45, 7) is 11.5. The van der Waals surface area contributed by atoms with Gasteiger partial charge in [0.05, 0.1) is 0 Å². The molecule has 3 rings (SSSR count). The maximum Gasteiger partial charge on any atom is 0.408 e. The third-order valence-corrected chi connectivity index (χ3v) is 7.21. The maximum absolute atomic E-state index is 14.5. The van der Waals surface area contributed by atoms with Gasteiger partial charge in [0.15, 0.2) is 0 Å². The number of para-hydroxylation sites is 1. The quantitative estimate of drug-likeness (QED) is 0.263. The fraction of sp³-hybridized carbons (Fsp3) is 0.531. The zero-order valence-electron chi connectivity index (χ0n) is 25.1. The first-order valence-electron chi connectivity index (χ1n) is 14.5. The second kappa shape index (κ2) is 13.7. The number of rotatable bonds is 12. The van der Waals surface area contributed by atoms with Crippen molar-refractivity contribution in [1.82, 2.24) is 15.5 Å². The Hall–Kier alpha value is -3.75. The van der Waals surface area contributed by atoms with Crippen LogP contribution >= 0.6 is 0 Å². The summed E-state index contributed by atoms with van der Waals surface area (Å²) in [5, 5.41) is 26.5. The van der Waals surface area contributed by atoms with Crippen LogP contribution in [-0.4, -0.2) is 57.3 Å². The van der Waals surface area contributed by atoms with E-state index in [-0.39, 0.29) is 35.8 Å². The molecule has 1 aliphatic carbocycles. The highest BCUT2D eigenvalue weighted by molar-refractivity contribution is 5.93. The van der Waals surface area contributed by atoms with Crippen molar-refractivity contribution in [2.24, 2.45) is 5.92 Å². The number of benzene rings is 2. The van der Waals surface area contributed by atoms with E-state index in [1.807, 2.05) is 6.92 Å². The molecule has 9 nitrogen and oxygen atoms in total. The fourth-order valence-electron chi connectivity index (χ4n) is 4.87. The van der Waals surface area contributed by atoms with E-state index in [1.54, 1.807) is 58.0 Å². The lowest BCUT2D eigenvalue weighted by atomic mass is 9.97. The van der Waals surface area contributed by atoms with Crippen LogP contribution in [0.1, 0.15) is 83.0 Å². The van der Waals surface area contributed by atoms with Crippen LogP contribution in [0.15, 0.2) is 42.5 Å². The largest absolute Gasteiger partial charge is 0.508 e. The Kier molecular flexibility index (Phi) is 10.7. The number of aromatic hydroxyl groups is 2. The smallest absolute Gasteiger partial charge is 0.408 e. The number of hydrogen-bond acceptors (Lipinski definition) is 6. The van der Waals surface area contributed by atoms with E-state index in [4.69, 9.17) is 4.74 Å². The highest BCUT2D eigenvalue weighted by Crippen LogP contribution is 2.43. The van der Waals surface area contributed by atoms with Gasteiger partial charge in [0.2, 0.25) is 11.8 Å². The predicted molar refractivity (Wildman–Crippen MR) is 158 cm³/mol. The molecule has 0 saturated heterocycles. The van der Waals surface area contributed by atoms with E-state index in [0.717, 1.165) is 19.3 Å². The predicted octanol–water partition coefficient (Wildman–Crippen LogP) is 5.13. The van der Waals surface area contributed by atoms with Gasteiger partial charge in [-0.25, -0.2) is 4.79 Å². The molecule has 1 saturated carbocycles. The van der Waals surface area contributed by atoms with Gasteiger partial charge < -0.3 is 30.5 Å². The number of carbonyl (C=O) groups is 3. The van der Waals surface area contributed by atoms with E-state index >= 15 is 0 Å². The molecule has 1 aliphatic rings. The van der Waals surface area contributed by atoms with Crippen molar-refractivity contribution in [1.29, 1.82) is 0 Å². The Morgan fingerprint density at radius 3 is 2.32 bits per heavy atom. The minimum atomic E-state index is -1.10. The van der Waals surface area contributed by atoms with Gasteiger partial charge in [0, 0.05) is 24.6 Å². The molecule has 0 radical (unpaired) electrons. The molecule has 4 unspecified atom stereocenters. The summed E-state index contributed by atoms with van der Waals surface area (Å²) in [5.74, 6) is -0.650. The number of unbranched alkanes of at least 4 members (excludes halogenated alkanes) is 2. The van der Waals surface area contributed by atoms with Crippen molar-refractivity contribution in [3.05, 3.63) is 59.2 Å². The molecule has 3 amide bonds. The summed E-state index contributed by atoms with van der Waals surface area (Å²) in [6, 6.07) is 9.16. The molecule has 0 aliphatic heterocycles. The van der Waals surface area contributed by atoms with Crippen molar-refractivity contribution >= 4 is 17.9 Å². The first kappa shape index (κ1) is 31.8. The Morgan fingerprint density at radius 2 is 1.73 bits per heavy atom. The van der Waals surface area contributed by atoms with Crippen LogP contribution in [-0.2, 0) is 20.7 Å². The van der Waals surface area contributed by atoms with Gasteiger partial charge in [-0.15, -0.1) is 0 Å². The fourth-order valence-corrected chi connectivity index (χ4v) is 4.87. The number of alkyl carbamates (subject to hydrolysis) is 1. The minimum absolute atomic E-state index is 0.0394. The number of amides is 3. The molecule has 0 aromatic heterocycles. The molecule has 4 N–H and O–H groups in total. The molecule has 41 heavy (non-hydrogen) atoms. The van der Waals surface area contributed by atoms with Crippen LogP contribution in [0.5, 0.6) is 11.5 Å². The van der Waals surface area contributed by atoms with E-state index in [2.05, 4.69) is 17.6 Å². The molecule has 0 spiro atoms. The second-order valence-electron chi connectivity index (χ2n) is 12.0. The Morgan fingerprint density at radius 1 is 1.07 bits per heavy atom. The lowest BCUT2D eigenvalue weighted by Gasteiger charge is -2.35. The highest BCUT2D eigenvalue weighted by atomic mass is 16.6. The number of phenols is 2. The van der Waals surface area contributed by atoms with Crippen LogP contribution in [0, 0.1) is 12.8 Å². The monoisotopic (exact) mass is 567 g/mol. The van der Waals surface area contributed by atoms with E-state index in [0.29, 0.717) is 29.7 Å². The summed E-state index contributed by atoms with van der Waals surface area (Å²) >= 11 is 0. The molecule has 2 aromatic carbocycles. The lowest BCUT2D eigenvalue weighted by Crippen LogP contribution is -2.54. The summed E-state index contributed by atoms with van der Waals surface area (Å²) in [5.41, 5.74) is 0.857. The first-order valence-corrected chi connectivity index (χ1v) is 14.5. The normalized spacial score (nSPS) is 17.7. The van der Waals surface area contributed by atoms with Crippen LogP contribution in [0.3, 0.4) is 0 Å². The molecule has 0 heterocycles. The summed E-state index contributed by atoms with van der Waals surface area (Å²) < 4.78 is 5.48. The van der Waals surface area contributed by atoms with Crippen molar-refractivity contribution < 1.29 is 29.3 Å². The zero-order chi connectivity index (χ0) is 30.3. The molecule has 4 atom stereocenters. The van der Waals surface area contributed by atoms with Crippen LogP contribution in [0.4, 0.5) is 4.79 Å². The van der Waals surface area contributed by atoms with E-state index < -0.39 is 29.7 Å². The molecule has 0 bridgehead atoms.